The summed E-state index contributed by atoms with van der Waals surface area (Å²) >= 11 is 0. The van der Waals surface area contributed by atoms with Gasteiger partial charge in [0, 0.05) is 18.6 Å². The molecule has 1 N–H and O–H groups in total. The van der Waals surface area contributed by atoms with Gasteiger partial charge in [0.1, 0.15) is 5.54 Å². The lowest BCUT2D eigenvalue weighted by Gasteiger charge is -2.31. The van der Waals surface area contributed by atoms with E-state index < -0.39 is 0 Å². The zero-order valence-electron chi connectivity index (χ0n) is 12.8. The third kappa shape index (κ3) is 3.70. The number of nitriles is 1. The van der Waals surface area contributed by atoms with Crippen LogP contribution >= 0.6 is 0 Å². The van der Waals surface area contributed by atoms with Crippen LogP contribution in [0, 0.1) is 17.2 Å². The fourth-order valence-corrected chi connectivity index (χ4v) is 3.39. The van der Waals surface area contributed by atoms with Gasteiger partial charge in [-0.1, -0.05) is 20.8 Å². The zero-order valence-corrected chi connectivity index (χ0v) is 12.8. The Labute approximate surface area is 118 Å². The van der Waals surface area contributed by atoms with E-state index in [-0.39, 0.29) is 5.54 Å². The average Bonchev–Trinajstić information content (AvgIpc) is 3.14. The molecule has 2 fully saturated rings. The highest BCUT2D eigenvalue weighted by molar-refractivity contribution is 5.14. The van der Waals surface area contributed by atoms with Gasteiger partial charge in [0.05, 0.1) is 6.07 Å². The third-order valence-electron chi connectivity index (χ3n) is 4.48. The molecule has 0 radical (unpaired) electrons. The summed E-state index contributed by atoms with van der Waals surface area (Å²) in [6.45, 7) is 8.94. The predicted molar refractivity (Wildman–Crippen MR) is 78.8 cm³/mol. The molecule has 2 saturated carbocycles. The Hall–Kier alpha value is -0.590. The quantitative estimate of drug-likeness (QED) is 0.767. The van der Waals surface area contributed by atoms with Gasteiger partial charge in [0.25, 0.3) is 0 Å². The van der Waals surface area contributed by atoms with Crippen LogP contribution in [-0.2, 0) is 0 Å². The number of hydrogen-bond acceptors (Lipinski definition) is 3. The summed E-state index contributed by atoms with van der Waals surface area (Å²) in [7, 11) is 0. The van der Waals surface area contributed by atoms with Crippen LogP contribution in [0.25, 0.3) is 0 Å². The summed E-state index contributed by atoms with van der Waals surface area (Å²) in [4.78, 5) is 2.71. The van der Waals surface area contributed by atoms with Crippen molar-refractivity contribution in [3.63, 3.8) is 0 Å². The van der Waals surface area contributed by atoms with Crippen LogP contribution in [0.1, 0.15) is 59.3 Å². The monoisotopic (exact) mass is 263 g/mol. The molecule has 0 spiro atoms. The highest BCUT2D eigenvalue weighted by Gasteiger charge is 2.44. The first kappa shape index (κ1) is 14.8. The van der Waals surface area contributed by atoms with Crippen molar-refractivity contribution in [2.24, 2.45) is 5.92 Å². The van der Waals surface area contributed by atoms with Gasteiger partial charge < -0.3 is 0 Å². The molecule has 108 valence electrons. The first-order valence-electron chi connectivity index (χ1n) is 8.02. The summed E-state index contributed by atoms with van der Waals surface area (Å²) in [5, 5.41) is 13.1. The van der Waals surface area contributed by atoms with Gasteiger partial charge in [0.2, 0.25) is 0 Å². The molecule has 2 aliphatic carbocycles. The molecule has 0 amide bonds. The average molecular weight is 263 g/mol. The second kappa shape index (κ2) is 6.24. The molecule has 0 bridgehead atoms. The second-order valence-corrected chi connectivity index (χ2v) is 6.84. The molecule has 0 aromatic rings. The maximum atomic E-state index is 9.55. The maximum Gasteiger partial charge on any atom is 0.108 e. The Kier molecular flexibility index (Phi) is 4.86. The number of nitrogens with zero attached hydrogens (tertiary/aromatic N) is 2. The van der Waals surface area contributed by atoms with Crippen LogP contribution in [0.3, 0.4) is 0 Å². The molecule has 2 unspecified atom stereocenters. The fraction of sp³-hybridized carbons (Fsp3) is 0.938. The molecule has 3 nitrogen and oxygen atoms in total. The Balaban J connectivity index is 1.96. The van der Waals surface area contributed by atoms with E-state index in [9.17, 15) is 5.26 Å². The SMILES string of the molecule is CCCNC1(C#N)CCC(N(CC(C)C)C2CC2)C1. The van der Waals surface area contributed by atoms with Crippen LogP contribution in [0.15, 0.2) is 0 Å². The van der Waals surface area contributed by atoms with E-state index >= 15 is 0 Å². The van der Waals surface area contributed by atoms with E-state index in [2.05, 4.69) is 37.1 Å². The molecular formula is C16H29N3. The summed E-state index contributed by atoms with van der Waals surface area (Å²) < 4.78 is 0. The smallest absolute Gasteiger partial charge is 0.108 e. The van der Waals surface area contributed by atoms with Crippen molar-refractivity contribution in [1.29, 1.82) is 5.26 Å². The number of nitrogens with one attached hydrogen (secondary N) is 1. The largest absolute Gasteiger partial charge is 0.299 e. The number of hydrogen-bond donors (Lipinski definition) is 1. The van der Waals surface area contributed by atoms with Crippen molar-refractivity contribution >= 4 is 0 Å². The van der Waals surface area contributed by atoms with Gasteiger partial charge in [-0.2, -0.15) is 5.26 Å². The lowest BCUT2D eigenvalue weighted by atomic mass is 9.98. The molecule has 0 heterocycles. The Bertz CT molecular complexity index is 329. The summed E-state index contributed by atoms with van der Waals surface area (Å²) in [6, 6.07) is 4.01. The molecule has 0 aromatic carbocycles. The van der Waals surface area contributed by atoms with Gasteiger partial charge in [-0.15, -0.1) is 0 Å². The molecule has 19 heavy (non-hydrogen) atoms. The van der Waals surface area contributed by atoms with E-state index in [1.165, 1.54) is 25.8 Å². The number of rotatable bonds is 7. The summed E-state index contributed by atoms with van der Waals surface area (Å²) in [5.41, 5.74) is -0.245. The minimum Gasteiger partial charge on any atom is -0.299 e. The fourth-order valence-electron chi connectivity index (χ4n) is 3.39. The van der Waals surface area contributed by atoms with Gasteiger partial charge in [-0.25, -0.2) is 0 Å². The third-order valence-corrected chi connectivity index (χ3v) is 4.48. The topological polar surface area (TPSA) is 39.1 Å². The zero-order chi connectivity index (χ0) is 13.9. The summed E-state index contributed by atoms with van der Waals surface area (Å²) in [6.07, 6.45) is 7.07. The van der Waals surface area contributed by atoms with Crippen molar-refractivity contribution in [2.75, 3.05) is 13.1 Å². The van der Waals surface area contributed by atoms with Crippen molar-refractivity contribution in [1.82, 2.24) is 10.2 Å². The molecule has 2 atom stereocenters. The van der Waals surface area contributed by atoms with Crippen LogP contribution in [0.2, 0.25) is 0 Å². The Morgan fingerprint density at radius 1 is 1.32 bits per heavy atom. The van der Waals surface area contributed by atoms with Crippen LogP contribution in [-0.4, -0.2) is 35.6 Å². The van der Waals surface area contributed by atoms with E-state index in [0.29, 0.717) is 6.04 Å². The van der Waals surface area contributed by atoms with E-state index in [0.717, 1.165) is 37.8 Å². The molecular weight excluding hydrogens is 234 g/mol. The van der Waals surface area contributed by atoms with E-state index in [1.54, 1.807) is 0 Å². The first-order chi connectivity index (χ1) is 9.10. The highest BCUT2D eigenvalue weighted by atomic mass is 15.2. The normalized spacial score (nSPS) is 31.1. The lowest BCUT2D eigenvalue weighted by Crippen LogP contribution is -2.45. The van der Waals surface area contributed by atoms with Crippen LogP contribution in [0.4, 0.5) is 0 Å². The van der Waals surface area contributed by atoms with Crippen LogP contribution in [0.5, 0.6) is 0 Å². The molecule has 2 rings (SSSR count). The standard InChI is InChI=1S/C16H29N3/c1-4-9-18-16(12-17)8-7-15(10-16)19(11-13(2)3)14-5-6-14/h13-15,18H,4-11H2,1-3H3. The van der Waals surface area contributed by atoms with Gasteiger partial charge in [-0.05, 0) is 51.0 Å². The van der Waals surface area contributed by atoms with Crippen molar-refractivity contribution in [2.45, 2.75) is 76.9 Å². The van der Waals surface area contributed by atoms with Crippen molar-refractivity contribution in [3.8, 4) is 6.07 Å². The Morgan fingerprint density at radius 2 is 2.05 bits per heavy atom. The molecule has 2 aliphatic rings. The predicted octanol–water partition coefficient (Wildman–Crippen LogP) is 2.92. The lowest BCUT2D eigenvalue weighted by molar-refractivity contribution is 0.162. The van der Waals surface area contributed by atoms with E-state index in [1.807, 2.05) is 0 Å². The molecule has 3 heteroatoms. The van der Waals surface area contributed by atoms with Crippen molar-refractivity contribution < 1.29 is 0 Å². The summed E-state index contributed by atoms with van der Waals surface area (Å²) in [5.74, 6) is 0.723. The maximum absolute atomic E-state index is 9.55. The molecule has 0 aliphatic heterocycles. The minimum absolute atomic E-state index is 0.245. The van der Waals surface area contributed by atoms with Crippen LogP contribution < -0.4 is 5.32 Å². The Morgan fingerprint density at radius 3 is 2.58 bits per heavy atom. The highest BCUT2D eigenvalue weighted by Crippen LogP contribution is 2.38. The second-order valence-electron chi connectivity index (χ2n) is 6.84. The van der Waals surface area contributed by atoms with E-state index in [4.69, 9.17) is 0 Å². The van der Waals surface area contributed by atoms with Crippen molar-refractivity contribution in [3.05, 3.63) is 0 Å². The van der Waals surface area contributed by atoms with Gasteiger partial charge >= 0.3 is 0 Å². The minimum atomic E-state index is -0.245. The molecule has 0 aromatic heterocycles. The van der Waals surface area contributed by atoms with Gasteiger partial charge in [-0.3, -0.25) is 10.2 Å². The first-order valence-corrected chi connectivity index (χ1v) is 8.02. The van der Waals surface area contributed by atoms with Gasteiger partial charge in [0.15, 0.2) is 0 Å². The molecule has 0 saturated heterocycles.